The second kappa shape index (κ2) is 8.28. The zero-order valence-corrected chi connectivity index (χ0v) is 15.8. The van der Waals surface area contributed by atoms with Crippen LogP contribution in [0.4, 0.5) is 10.5 Å². The molecule has 1 N–H and O–H groups in total. The van der Waals surface area contributed by atoms with E-state index in [1.54, 1.807) is 54.6 Å². The highest BCUT2D eigenvalue weighted by Crippen LogP contribution is 2.33. The number of carbonyl (C=O) groups is 3. The summed E-state index contributed by atoms with van der Waals surface area (Å²) >= 11 is 6.86. The Morgan fingerprint density at radius 1 is 1.22 bits per heavy atom. The predicted octanol–water partition coefficient (Wildman–Crippen LogP) is 4.02. The van der Waals surface area contributed by atoms with Gasteiger partial charge in [-0.2, -0.15) is 0 Å². The lowest BCUT2D eigenvalue weighted by molar-refractivity contribution is -0.127. The second-order valence-electron chi connectivity index (χ2n) is 5.57. The number of rotatable bonds is 5. The summed E-state index contributed by atoms with van der Waals surface area (Å²) in [7, 11) is 1.52. The molecule has 3 amide bonds. The van der Waals surface area contributed by atoms with Crippen LogP contribution in [-0.2, 0) is 9.59 Å². The molecule has 3 rings (SSSR count). The van der Waals surface area contributed by atoms with Crippen LogP contribution in [0.5, 0.6) is 5.75 Å². The Bertz CT molecular complexity index is 945. The molecule has 1 heterocycles. The van der Waals surface area contributed by atoms with Gasteiger partial charge < -0.3 is 10.1 Å². The molecular weight excluding hydrogens is 388 g/mol. The topological polar surface area (TPSA) is 75.7 Å². The van der Waals surface area contributed by atoms with Crippen molar-refractivity contribution < 1.29 is 19.1 Å². The molecule has 2 aromatic carbocycles. The van der Waals surface area contributed by atoms with E-state index < -0.39 is 17.1 Å². The van der Waals surface area contributed by atoms with Gasteiger partial charge in [0.25, 0.3) is 11.1 Å². The molecule has 6 nitrogen and oxygen atoms in total. The number of hydrogen-bond donors (Lipinski definition) is 1. The number of hydrogen-bond acceptors (Lipinski definition) is 5. The van der Waals surface area contributed by atoms with E-state index in [-0.39, 0.29) is 11.4 Å². The first-order valence-corrected chi connectivity index (χ1v) is 9.11. The van der Waals surface area contributed by atoms with Crippen molar-refractivity contribution in [1.29, 1.82) is 0 Å². The predicted molar refractivity (Wildman–Crippen MR) is 106 cm³/mol. The number of carbonyl (C=O) groups excluding carboxylic acids is 3. The molecular formula is C19H15ClN2O4S. The Labute approximate surface area is 165 Å². The van der Waals surface area contributed by atoms with Gasteiger partial charge in [0.1, 0.15) is 12.3 Å². The van der Waals surface area contributed by atoms with Gasteiger partial charge in [-0.25, -0.2) is 0 Å². The number of benzene rings is 2. The molecule has 0 bridgehead atoms. The molecule has 0 aliphatic carbocycles. The summed E-state index contributed by atoms with van der Waals surface area (Å²) in [6.45, 7) is -0.373. The highest BCUT2D eigenvalue weighted by Gasteiger charge is 2.36. The molecule has 27 heavy (non-hydrogen) atoms. The number of anilines is 1. The minimum absolute atomic E-state index is 0.224. The maximum atomic E-state index is 12.5. The van der Waals surface area contributed by atoms with Crippen LogP contribution in [-0.4, -0.2) is 35.6 Å². The highest BCUT2D eigenvalue weighted by molar-refractivity contribution is 8.18. The first-order chi connectivity index (χ1) is 13.0. The zero-order valence-electron chi connectivity index (χ0n) is 14.3. The first-order valence-electron chi connectivity index (χ1n) is 7.92. The van der Waals surface area contributed by atoms with Crippen LogP contribution in [0.1, 0.15) is 5.56 Å². The molecule has 0 radical (unpaired) electrons. The largest absolute Gasteiger partial charge is 0.497 e. The molecule has 1 aliphatic heterocycles. The smallest absolute Gasteiger partial charge is 0.294 e. The summed E-state index contributed by atoms with van der Waals surface area (Å²) in [6.07, 6.45) is 1.55. The van der Waals surface area contributed by atoms with Crippen molar-refractivity contribution in [2.24, 2.45) is 0 Å². The Hall–Kier alpha value is -2.77. The molecule has 1 saturated heterocycles. The molecule has 0 saturated carbocycles. The average molecular weight is 403 g/mol. The van der Waals surface area contributed by atoms with Crippen LogP contribution >= 0.6 is 23.4 Å². The molecule has 8 heteroatoms. The van der Waals surface area contributed by atoms with Crippen LogP contribution < -0.4 is 10.1 Å². The number of halogens is 1. The third kappa shape index (κ3) is 4.50. The number of imide groups is 1. The number of thioether (sulfide) groups is 1. The van der Waals surface area contributed by atoms with Gasteiger partial charge in [-0.3, -0.25) is 19.3 Å². The summed E-state index contributed by atoms with van der Waals surface area (Å²) in [5, 5.41) is 2.61. The Morgan fingerprint density at radius 3 is 2.74 bits per heavy atom. The van der Waals surface area contributed by atoms with Gasteiger partial charge in [-0.15, -0.1) is 0 Å². The maximum Gasteiger partial charge on any atom is 0.294 e. The Kier molecular flexibility index (Phi) is 5.83. The molecule has 0 aromatic heterocycles. The number of nitrogens with one attached hydrogen (secondary N) is 1. The molecule has 0 atom stereocenters. The van der Waals surface area contributed by atoms with Gasteiger partial charge in [0, 0.05) is 16.8 Å². The summed E-state index contributed by atoms with van der Waals surface area (Å²) < 4.78 is 5.09. The third-order valence-electron chi connectivity index (χ3n) is 3.72. The van der Waals surface area contributed by atoms with Crippen molar-refractivity contribution in [1.82, 2.24) is 4.90 Å². The van der Waals surface area contributed by atoms with Crippen molar-refractivity contribution in [3.63, 3.8) is 0 Å². The van der Waals surface area contributed by atoms with Crippen LogP contribution in [0.3, 0.4) is 0 Å². The lowest BCUT2D eigenvalue weighted by Crippen LogP contribution is -2.36. The number of ether oxygens (including phenoxy) is 1. The summed E-state index contributed by atoms with van der Waals surface area (Å²) in [5.74, 6) is -0.420. The van der Waals surface area contributed by atoms with E-state index in [2.05, 4.69) is 5.32 Å². The van der Waals surface area contributed by atoms with Gasteiger partial charge in [0.2, 0.25) is 5.91 Å². The summed E-state index contributed by atoms with van der Waals surface area (Å²) in [4.78, 5) is 38.0. The lowest BCUT2D eigenvalue weighted by Gasteiger charge is -2.12. The van der Waals surface area contributed by atoms with E-state index >= 15 is 0 Å². The second-order valence-corrected chi connectivity index (χ2v) is 6.97. The first kappa shape index (κ1) is 19.0. The minimum atomic E-state index is -0.522. The van der Waals surface area contributed by atoms with Crippen LogP contribution in [0.2, 0.25) is 5.02 Å². The van der Waals surface area contributed by atoms with Crippen molar-refractivity contribution >= 4 is 52.2 Å². The third-order valence-corrected chi connectivity index (χ3v) is 4.97. The SMILES string of the molecule is COc1cccc(NC(=O)CN2C(=O)S/C(=C\c3ccccc3Cl)C2=O)c1. The van der Waals surface area contributed by atoms with Gasteiger partial charge >= 0.3 is 0 Å². The van der Waals surface area contributed by atoms with E-state index in [1.165, 1.54) is 7.11 Å². The zero-order chi connectivity index (χ0) is 19.4. The van der Waals surface area contributed by atoms with E-state index in [9.17, 15) is 14.4 Å². The van der Waals surface area contributed by atoms with Crippen LogP contribution in [0, 0.1) is 0 Å². The Morgan fingerprint density at radius 2 is 2.00 bits per heavy atom. The molecule has 0 unspecified atom stereocenters. The standard InChI is InChI=1S/C19H15ClN2O4S/c1-26-14-7-4-6-13(10-14)21-17(23)11-22-18(24)16(27-19(22)25)9-12-5-2-3-8-15(12)20/h2-10H,11H2,1H3,(H,21,23)/b16-9-. The monoisotopic (exact) mass is 402 g/mol. The van der Waals surface area contributed by atoms with Crippen molar-refractivity contribution in [2.45, 2.75) is 0 Å². The fourth-order valence-corrected chi connectivity index (χ4v) is 3.43. The summed E-state index contributed by atoms with van der Waals surface area (Å²) in [5.41, 5.74) is 1.14. The highest BCUT2D eigenvalue weighted by atomic mass is 35.5. The van der Waals surface area contributed by atoms with E-state index in [0.717, 1.165) is 16.7 Å². The van der Waals surface area contributed by atoms with Gasteiger partial charge in [0.05, 0.1) is 12.0 Å². The fraction of sp³-hybridized carbons (Fsp3) is 0.105. The number of amides is 3. The maximum absolute atomic E-state index is 12.5. The quantitative estimate of drug-likeness (QED) is 0.764. The minimum Gasteiger partial charge on any atom is -0.497 e. The lowest BCUT2D eigenvalue weighted by atomic mass is 10.2. The average Bonchev–Trinajstić information content (AvgIpc) is 2.91. The molecule has 1 aliphatic rings. The van der Waals surface area contributed by atoms with Crippen molar-refractivity contribution in [3.05, 3.63) is 64.0 Å². The van der Waals surface area contributed by atoms with Crippen LogP contribution in [0.25, 0.3) is 6.08 Å². The van der Waals surface area contributed by atoms with Gasteiger partial charge in [0.15, 0.2) is 0 Å². The van der Waals surface area contributed by atoms with E-state index in [0.29, 0.717) is 22.0 Å². The van der Waals surface area contributed by atoms with Gasteiger partial charge in [-0.1, -0.05) is 35.9 Å². The van der Waals surface area contributed by atoms with Crippen molar-refractivity contribution in [2.75, 3.05) is 19.0 Å². The fourth-order valence-electron chi connectivity index (χ4n) is 2.41. The molecule has 2 aromatic rings. The van der Waals surface area contributed by atoms with Gasteiger partial charge in [-0.05, 0) is 41.6 Å². The van der Waals surface area contributed by atoms with Crippen molar-refractivity contribution in [3.8, 4) is 5.75 Å². The van der Waals surface area contributed by atoms with E-state index in [1.807, 2.05) is 0 Å². The Balaban J connectivity index is 1.70. The number of methoxy groups -OCH3 is 1. The molecule has 0 spiro atoms. The molecule has 138 valence electrons. The molecule has 1 fully saturated rings. The normalized spacial score (nSPS) is 15.3. The number of nitrogens with zero attached hydrogens (tertiary/aromatic N) is 1. The summed E-state index contributed by atoms with van der Waals surface area (Å²) in [6, 6.07) is 13.8. The van der Waals surface area contributed by atoms with E-state index in [4.69, 9.17) is 16.3 Å². The van der Waals surface area contributed by atoms with Crippen LogP contribution in [0.15, 0.2) is 53.4 Å².